The molecule has 1 saturated heterocycles. The van der Waals surface area contributed by atoms with Gasteiger partial charge in [0.15, 0.2) is 0 Å². The lowest BCUT2D eigenvalue weighted by Crippen LogP contribution is -2.20. The van der Waals surface area contributed by atoms with Crippen LogP contribution < -0.4 is 0 Å². The summed E-state index contributed by atoms with van der Waals surface area (Å²) in [5.74, 6) is 0. The van der Waals surface area contributed by atoms with E-state index in [-0.39, 0.29) is 0 Å². The summed E-state index contributed by atoms with van der Waals surface area (Å²) in [7, 11) is 0. The molecule has 0 aromatic carbocycles. The van der Waals surface area contributed by atoms with Gasteiger partial charge in [0.1, 0.15) is 0 Å². The maximum atomic E-state index is 3.61. The van der Waals surface area contributed by atoms with E-state index in [9.17, 15) is 0 Å². The van der Waals surface area contributed by atoms with Crippen LogP contribution in [-0.4, -0.2) is 24.5 Å². The second kappa shape index (κ2) is 3.60. The Bertz CT molecular complexity index is 148. The summed E-state index contributed by atoms with van der Waals surface area (Å²) in [6, 6.07) is 0. The molecule has 0 radical (unpaired) electrons. The molecular weight excluding hydrogens is 122 g/mol. The maximum Gasteiger partial charge on any atom is 0.0265 e. The van der Waals surface area contributed by atoms with E-state index in [4.69, 9.17) is 0 Å². The molecule has 1 fully saturated rings. The third-order valence-electron chi connectivity index (χ3n) is 1.96. The van der Waals surface area contributed by atoms with Crippen molar-refractivity contribution < 1.29 is 0 Å². The van der Waals surface area contributed by atoms with E-state index in [0.717, 1.165) is 6.54 Å². The first-order valence-corrected chi connectivity index (χ1v) is 3.91. The van der Waals surface area contributed by atoms with Gasteiger partial charge in [-0.15, -0.1) is 5.73 Å². The Balaban J connectivity index is 2.30. The molecule has 0 aliphatic carbocycles. The molecule has 1 heterocycles. The summed E-state index contributed by atoms with van der Waals surface area (Å²) in [5.41, 5.74) is 4.18. The molecule has 0 aromatic rings. The van der Waals surface area contributed by atoms with Crippen molar-refractivity contribution in [2.24, 2.45) is 0 Å². The quantitative estimate of drug-likeness (QED) is 0.525. The van der Waals surface area contributed by atoms with Crippen molar-refractivity contribution in [3.63, 3.8) is 0 Å². The van der Waals surface area contributed by atoms with Crippen molar-refractivity contribution in [2.45, 2.75) is 19.8 Å². The molecule has 1 rings (SSSR count). The molecule has 1 aliphatic heterocycles. The van der Waals surface area contributed by atoms with E-state index in [1.807, 2.05) is 0 Å². The van der Waals surface area contributed by atoms with Gasteiger partial charge in [-0.1, -0.05) is 6.58 Å². The predicted octanol–water partition coefficient (Wildman–Crippen LogP) is 1.81. The third-order valence-corrected chi connectivity index (χ3v) is 1.96. The van der Waals surface area contributed by atoms with E-state index < -0.39 is 0 Å². The number of hydrogen-bond acceptors (Lipinski definition) is 1. The Kier molecular flexibility index (Phi) is 2.73. The monoisotopic (exact) mass is 137 g/mol. The summed E-state index contributed by atoms with van der Waals surface area (Å²) in [6.07, 6.45) is 2.73. The van der Waals surface area contributed by atoms with Crippen LogP contribution in [0.4, 0.5) is 0 Å². The van der Waals surface area contributed by atoms with Crippen LogP contribution in [0.5, 0.6) is 0 Å². The molecule has 1 heteroatoms. The minimum atomic E-state index is 1.07. The lowest BCUT2D eigenvalue weighted by atomic mass is 10.3. The summed E-state index contributed by atoms with van der Waals surface area (Å²) in [5, 5.41) is 0. The highest BCUT2D eigenvalue weighted by Crippen LogP contribution is 2.08. The lowest BCUT2D eigenvalue weighted by Gasteiger charge is -2.12. The fourth-order valence-electron chi connectivity index (χ4n) is 1.33. The van der Waals surface area contributed by atoms with Gasteiger partial charge in [-0.25, -0.2) is 0 Å². The number of nitrogens with zero attached hydrogens (tertiary/aromatic N) is 1. The van der Waals surface area contributed by atoms with Crippen LogP contribution in [0.15, 0.2) is 17.9 Å². The number of hydrogen-bond donors (Lipinski definition) is 0. The highest BCUT2D eigenvalue weighted by atomic mass is 15.1. The van der Waals surface area contributed by atoms with Crippen molar-refractivity contribution in [2.75, 3.05) is 19.6 Å². The van der Waals surface area contributed by atoms with Crippen molar-refractivity contribution in [3.8, 4) is 0 Å². The molecule has 56 valence electrons. The van der Waals surface area contributed by atoms with E-state index in [2.05, 4.69) is 24.1 Å². The number of likely N-dealkylation sites (tertiary alicyclic amines) is 1. The topological polar surface area (TPSA) is 3.24 Å². The fraction of sp³-hybridized carbons (Fsp3) is 0.667. The van der Waals surface area contributed by atoms with Gasteiger partial charge in [0.2, 0.25) is 0 Å². The molecule has 1 nitrogen and oxygen atoms in total. The molecular formula is C9H15N. The molecule has 1 aliphatic rings. The lowest BCUT2D eigenvalue weighted by molar-refractivity contribution is 0.369. The van der Waals surface area contributed by atoms with Gasteiger partial charge >= 0.3 is 0 Å². The minimum Gasteiger partial charge on any atom is -0.299 e. The Hall–Kier alpha value is -0.520. The van der Waals surface area contributed by atoms with Crippen LogP contribution >= 0.6 is 0 Å². The first kappa shape index (κ1) is 7.59. The smallest absolute Gasteiger partial charge is 0.0265 e. The van der Waals surface area contributed by atoms with Crippen LogP contribution in [0.2, 0.25) is 0 Å². The maximum absolute atomic E-state index is 3.61. The summed E-state index contributed by atoms with van der Waals surface area (Å²) in [6.45, 7) is 9.30. The van der Waals surface area contributed by atoms with E-state index >= 15 is 0 Å². The Morgan fingerprint density at radius 2 is 2.10 bits per heavy atom. The van der Waals surface area contributed by atoms with Gasteiger partial charge in [0, 0.05) is 6.54 Å². The molecule has 0 atom stereocenters. The standard InChI is InChI=1S/C9H15N/c1-3-9(2)8-10-6-4-5-7-10/h1,4-8H2,2H3. The minimum absolute atomic E-state index is 1.07. The average Bonchev–Trinajstić information content (AvgIpc) is 2.40. The molecule has 0 amide bonds. The van der Waals surface area contributed by atoms with Gasteiger partial charge < -0.3 is 0 Å². The normalized spacial score (nSPS) is 18.9. The fourth-order valence-corrected chi connectivity index (χ4v) is 1.33. The molecule has 0 spiro atoms. The van der Waals surface area contributed by atoms with Crippen molar-refractivity contribution in [1.82, 2.24) is 4.90 Å². The van der Waals surface area contributed by atoms with Crippen LogP contribution in [-0.2, 0) is 0 Å². The van der Waals surface area contributed by atoms with Gasteiger partial charge in [-0.05, 0) is 38.4 Å². The zero-order valence-electron chi connectivity index (χ0n) is 6.69. The van der Waals surface area contributed by atoms with Gasteiger partial charge in [-0.3, -0.25) is 4.90 Å². The second-order valence-electron chi connectivity index (χ2n) is 2.94. The van der Waals surface area contributed by atoms with E-state index in [1.165, 1.54) is 31.5 Å². The molecule has 0 bridgehead atoms. The van der Waals surface area contributed by atoms with Crippen LogP contribution in [0.3, 0.4) is 0 Å². The van der Waals surface area contributed by atoms with Crippen LogP contribution in [0.1, 0.15) is 19.8 Å². The first-order chi connectivity index (χ1) is 4.83. The van der Waals surface area contributed by atoms with Crippen molar-refractivity contribution >= 4 is 0 Å². The molecule has 0 aromatic heterocycles. The zero-order valence-corrected chi connectivity index (χ0v) is 6.69. The van der Waals surface area contributed by atoms with Gasteiger partial charge in [0.05, 0.1) is 0 Å². The Morgan fingerprint density at radius 1 is 1.50 bits per heavy atom. The molecule has 0 N–H and O–H groups in total. The van der Waals surface area contributed by atoms with Gasteiger partial charge in [-0.2, -0.15) is 0 Å². The largest absolute Gasteiger partial charge is 0.299 e. The van der Waals surface area contributed by atoms with E-state index in [1.54, 1.807) is 0 Å². The van der Waals surface area contributed by atoms with E-state index in [0.29, 0.717) is 0 Å². The zero-order chi connectivity index (χ0) is 7.40. The third kappa shape index (κ3) is 2.02. The highest BCUT2D eigenvalue weighted by Gasteiger charge is 2.10. The van der Waals surface area contributed by atoms with Crippen LogP contribution in [0, 0.1) is 0 Å². The highest BCUT2D eigenvalue weighted by molar-refractivity contribution is 4.97. The summed E-state index contributed by atoms with van der Waals surface area (Å²) in [4.78, 5) is 2.45. The molecule has 0 unspecified atom stereocenters. The Labute approximate surface area is 63.0 Å². The summed E-state index contributed by atoms with van der Waals surface area (Å²) >= 11 is 0. The molecule has 10 heavy (non-hydrogen) atoms. The molecule has 0 saturated carbocycles. The van der Waals surface area contributed by atoms with Crippen LogP contribution in [0.25, 0.3) is 0 Å². The SMILES string of the molecule is C=C=C(C)CN1CCCC1. The second-order valence-corrected chi connectivity index (χ2v) is 2.94. The van der Waals surface area contributed by atoms with Crippen molar-refractivity contribution in [1.29, 1.82) is 0 Å². The first-order valence-electron chi connectivity index (χ1n) is 3.91. The summed E-state index contributed by atoms with van der Waals surface area (Å²) < 4.78 is 0. The average molecular weight is 137 g/mol. The number of rotatable bonds is 2. The Morgan fingerprint density at radius 3 is 2.60 bits per heavy atom. The predicted molar refractivity (Wildman–Crippen MR) is 44.0 cm³/mol. The van der Waals surface area contributed by atoms with Crippen molar-refractivity contribution in [3.05, 3.63) is 17.9 Å². The van der Waals surface area contributed by atoms with Gasteiger partial charge in [0.25, 0.3) is 0 Å².